The molecular formula is C18H22N2O3S. The Labute approximate surface area is 146 Å². The zero-order chi connectivity index (χ0) is 17.5. The van der Waals surface area contributed by atoms with Gasteiger partial charge in [0.25, 0.3) is 0 Å². The number of anilines is 1. The van der Waals surface area contributed by atoms with Crippen LogP contribution in [0.5, 0.6) is 11.5 Å². The van der Waals surface area contributed by atoms with Crippen molar-refractivity contribution >= 4 is 23.4 Å². The first kappa shape index (κ1) is 18.0. The summed E-state index contributed by atoms with van der Waals surface area (Å²) in [5.41, 5.74) is 7.33. The Bertz CT molecular complexity index is 689. The third kappa shape index (κ3) is 4.83. The third-order valence-electron chi connectivity index (χ3n) is 3.48. The Hall–Kier alpha value is -2.34. The number of hydrogen-bond acceptors (Lipinski definition) is 5. The molecule has 0 radical (unpaired) electrons. The molecule has 1 atom stereocenters. The van der Waals surface area contributed by atoms with E-state index in [0.717, 1.165) is 10.5 Å². The molecule has 0 aliphatic heterocycles. The van der Waals surface area contributed by atoms with Crippen LogP contribution in [0.4, 0.5) is 5.69 Å². The largest absolute Gasteiger partial charge is 0.493 e. The molecular weight excluding hydrogens is 324 g/mol. The molecule has 2 rings (SSSR count). The summed E-state index contributed by atoms with van der Waals surface area (Å²) in [5.74, 6) is 1.29. The van der Waals surface area contributed by atoms with Crippen LogP contribution < -0.4 is 20.5 Å². The van der Waals surface area contributed by atoms with E-state index in [0.29, 0.717) is 23.7 Å². The normalized spacial score (nSPS) is 11.6. The van der Waals surface area contributed by atoms with Crippen molar-refractivity contribution in [2.75, 3.05) is 20.0 Å². The van der Waals surface area contributed by atoms with Gasteiger partial charge in [-0.3, -0.25) is 4.79 Å². The van der Waals surface area contributed by atoms with E-state index in [1.54, 1.807) is 14.2 Å². The van der Waals surface area contributed by atoms with Crippen LogP contribution in [0.2, 0.25) is 0 Å². The minimum atomic E-state index is -0.200. The van der Waals surface area contributed by atoms with Crippen LogP contribution in [-0.2, 0) is 11.3 Å². The van der Waals surface area contributed by atoms with E-state index in [1.807, 2.05) is 49.4 Å². The predicted molar refractivity (Wildman–Crippen MR) is 97.6 cm³/mol. The first-order valence-electron chi connectivity index (χ1n) is 7.54. The molecule has 0 aromatic heterocycles. The van der Waals surface area contributed by atoms with Crippen LogP contribution in [0, 0.1) is 0 Å². The number of amides is 1. The van der Waals surface area contributed by atoms with Crippen molar-refractivity contribution < 1.29 is 14.3 Å². The number of benzene rings is 2. The van der Waals surface area contributed by atoms with Gasteiger partial charge in [0.2, 0.25) is 5.91 Å². The molecule has 0 aliphatic rings. The van der Waals surface area contributed by atoms with Crippen molar-refractivity contribution in [3.05, 3.63) is 48.0 Å². The Balaban J connectivity index is 1.91. The smallest absolute Gasteiger partial charge is 0.233 e. The summed E-state index contributed by atoms with van der Waals surface area (Å²) in [6, 6.07) is 13.1. The van der Waals surface area contributed by atoms with E-state index < -0.39 is 0 Å². The van der Waals surface area contributed by atoms with Crippen molar-refractivity contribution in [2.45, 2.75) is 23.6 Å². The lowest BCUT2D eigenvalue weighted by molar-refractivity contribution is -0.120. The first-order chi connectivity index (χ1) is 11.5. The Morgan fingerprint density at radius 2 is 1.79 bits per heavy atom. The number of nitrogens with one attached hydrogen (secondary N) is 1. The molecule has 0 spiro atoms. The van der Waals surface area contributed by atoms with Gasteiger partial charge in [0.15, 0.2) is 11.5 Å². The topological polar surface area (TPSA) is 73.6 Å². The lowest BCUT2D eigenvalue weighted by atomic mass is 10.2. The molecule has 0 aliphatic carbocycles. The zero-order valence-electron chi connectivity index (χ0n) is 14.0. The third-order valence-corrected chi connectivity index (χ3v) is 4.59. The summed E-state index contributed by atoms with van der Waals surface area (Å²) in [6.45, 7) is 2.32. The second-order valence-electron chi connectivity index (χ2n) is 5.24. The van der Waals surface area contributed by atoms with E-state index >= 15 is 0 Å². The van der Waals surface area contributed by atoms with Crippen molar-refractivity contribution in [1.29, 1.82) is 0 Å². The van der Waals surface area contributed by atoms with Crippen LogP contribution in [0.25, 0.3) is 0 Å². The van der Waals surface area contributed by atoms with Gasteiger partial charge in [-0.05, 0) is 48.9 Å². The van der Waals surface area contributed by atoms with E-state index in [9.17, 15) is 4.79 Å². The number of nitrogens with two attached hydrogens (primary N) is 1. The summed E-state index contributed by atoms with van der Waals surface area (Å²) < 4.78 is 10.5. The molecule has 1 amide bonds. The van der Waals surface area contributed by atoms with E-state index in [-0.39, 0.29) is 11.2 Å². The second-order valence-corrected chi connectivity index (χ2v) is 6.65. The standard InChI is InChI=1S/C18H22N2O3S/c1-12(24-15-7-5-14(19)6-8-15)18(21)20-11-13-4-9-16(22-2)17(10-13)23-3/h4-10,12H,11,19H2,1-3H3,(H,20,21). The van der Waals surface area contributed by atoms with Gasteiger partial charge in [-0.15, -0.1) is 11.8 Å². The average molecular weight is 346 g/mol. The van der Waals surface area contributed by atoms with Crippen molar-refractivity contribution in [2.24, 2.45) is 0 Å². The van der Waals surface area contributed by atoms with Gasteiger partial charge in [-0.25, -0.2) is 0 Å². The van der Waals surface area contributed by atoms with Crippen molar-refractivity contribution in [3.63, 3.8) is 0 Å². The summed E-state index contributed by atoms with van der Waals surface area (Å²) >= 11 is 1.50. The van der Waals surface area contributed by atoms with Crippen LogP contribution >= 0.6 is 11.8 Å². The molecule has 0 heterocycles. The summed E-state index contributed by atoms with van der Waals surface area (Å²) in [7, 11) is 3.18. The molecule has 3 N–H and O–H groups in total. The summed E-state index contributed by atoms with van der Waals surface area (Å²) in [4.78, 5) is 13.3. The monoisotopic (exact) mass is 346 g/mol. The maximum atomic E-state index is 12.3. The molecule has 128 valence electrons. The van der Waals surface area contributed by atoms with Crippen LogP contribution in [0.15, 0.2) is 47.4 Å². The van der Waals surface area contributed by atoms with Gasteiger partial charge in [-0.2, -0.15) is 0 Å². The van der Waals surface area contributed by atoms with Crippen LogP contribution in [-0.4, -0.2) is 25.4 Å². The zero-order valence-corrected chi connectivity index (χ0v) is 14.9. The fraction of sp³-hybridized carbons (Fsp3) is 0.278. The fourth-order valence-electron chi connectivity index (χ4n) is 2.13. The highest BCUT2D eigenvalue weighted by molar-refractivity contribution is 8.00. The van der Waals surface area contributed by atoms with E-state index in [2.05, 4.69) is 5.32 Å². The SMILES string of the molecule is COc1ccc(CNC(=O)C(C)Sc2ccc(N)cc2)cc1OC. The van der Waals surface area contributed by atoms with Crippen molar-refractivity contribution in [1.82, 2.24) is 5.32 Å². The Kier molecular flexibility index (Phi) is 6.37. The first-order valence-corrected chi connectivity index (χ1v) is 8.42. The highest BCUT2D eigenvalue weighted by Gasteiger charge is 2.14. The molecule has 1 unspecified atom stereocenters. The highest BCUT2D eigenvalue weighted by atomic mass is 32.2. The van der Waals surface area contributed by atoms with Crippen LogP contribution in [0.1, 0.15) is 12.5 Å². The number of carbonyl (C=O) groups excluding carboxylic acids is 1. The highest BCUT2D eigenvalue weighted by Crippen LogP contribution is 2.28. The Morgan fingerprint density at radius 1 is 1.12 bits per heavy atom. The number of hydrogen-bond donors (Lipinski definition) is 2. The minimum absolute atomic E-state index is 0.0217. The van der Waals surface area contributed by atoms with Gasteiger partial charge < -0.3 is 20.5 Å². The number of ether oxygens (including phenoxy) is 2. The molecule has 0 bridgehead atoms. The Morgan fingerprint density at radius 3 is 2.42 bits per heavy atom. The second kappa shape index (κ2) is 8.49. The number of methoxy groups -OCH3 is 2. The number of carbonyl (C=O) groups is 1. The summed E-state index contributed by atoms with van der Waals surface area (Å²) in [6.07, 6.45) is 0. The minimum Gasteiger partial charge on any atom is -0.493 e. The number of thioether (sulfide) groups is 1. The average Bonchev–Trinajstić information content (AvgIpc) is 2.61. The molecule has 0 fully saturated rings. The van der Waals surface area contributed by atoms with E-state index in [4.69, 9.17) is 15.2 Å². The van der Waals surface area contributed by atoms with Crippen LogP contribution in [0.3, 0.4) is 0 Å². The summed E-state index contributed by atoms with van der Waals surface area (Å²) in [5, 5.41) is 2.74. The molecule has 24 heavy (non-hydrogen) atoms. The lowest BCUT2D eigenvalue weighted by Crippen LogP contribution is -2.30. The molecule has 5 nitrogen and oxygen atoms in total. The lowest BCUT2D eigenvalue weighted by Gasteiger charge is -2.13. The maximum absolute atomic E-state index is 12.3. The van der Waals surface area contributed by atoms with Gasteiger partial charge in [-0.1, -0.05) is 6.07 Å². The molecule has 2 aromatic rings. The molecule has 0 saturated heterocycles. The molecule has 0 saturated carbocycles. The van der Waals surface area contributed by atoms with Crippen molar-refractivity contribution in [3.8, 4) is 11.5 Å². The fourth-order valence-corrected chi connectivity index (χ4v) is 3.02. The molecule has 2 aromatic carbocycles. The number of nitrogen functional groups attached to an aromatic ring is 1. The van der Waals surface area contributed by atoms with Gasteiger partial charge >= 0.3 is 0 Å². The van der Waals surface area contributed by atoms with Gasteiger partial charge in [0, 0.05) is 17.1 Å². The quantitative estimate of drug-likeness (QED) is 0.595. The molecule has 6 heteroatoms. The van der Waals surface area contributed by atoms with E-state index in [1.165, 1.54) is 11.8 Å². The van der Waals surface area contributed by atoms with Gasteiger partial charge in [0.1, 0.15) is 0 Å². The van der Waals surface area contributed by atoms with Gasteiger partial charge in [0.05, 0.1) is 19.5 Å². The predicted octanol–water partition coefficient (Wildman–Crippen LogP) is 3.08. The number of rotatable bonds is 7. The maximum Gasteiger partial charge on any atom is 0.233 e.